The summed E-state index contributed by atoms with van der Waals surface area (Å²) in [4.78, 5) is 17.8. The van der Waals surface area contributed by atoms with Crippen molar-refractivity contribution in [2.45, 2.75) is 12.6 Å². The van der Waals surface area contributed by atoms with Crippen LogP contribution in [0.4, 0.5) is 18.9 Å². The van der Waals surface area contributed by atoms with E-state index in [0.29, 0.717) is 5.69 Å². The Morgan fingerprint density at radius 1 is 1.21 bits per heavy atom. The lowest BCUT2D eigenvalue weighted by molar-refractivity contribution is -0.137. The number of benzene rings is 1. The molecule has 0 unspecified atom stereocenters. The minimum absolute atomic E-state index is 0.0466. The SMILES string of the molecule is COCCOc1ccc(C(F)(F)F)cc1NC(=O)Cc1csc(-c2cccs2)n1. The molecular weight excluding hydrogens is 425 g/mol. The summed E-state index contributed by atoms with van der Waals surface area (Å²) < 4.78 is 49.4. The van der Waals surface area contributed by atoms with Crippen LogP contribution in [0.5, 0.6) is 5.75 Å². The van der Waals surface area contributed by atoms with Crippen LogP contribution in [-0.4, -0.2) is 31.2 Å². The number of alkyl halides is 3. The van der Waals surface area contributed by atoms with Crippen molar-refractivity contribution in [3.8, 4) is 15.6 Å². The number of thiazole rings is 1. The molecule has 3 aromatic rings. The van der Waals surface area contributed by atoms with E-state index in [1.165, 1.54) is 24.5 Å². The molecule has 2 aromatic heterocycles. The smallest absolute Gasteiger partial charge is 0.416 e. The highest BCUT2D eigenvalue weighted by Gasteiger charge is 2.31. The summed E-state index contributed by atoms with van der Waals surface area (Å²) in [6, 6.07) is 6.79. The Kier molecular flexibility index (Phi) is 6.88. The predicted octanol–water partition coefficient (Wildman–Crippen LogP) is 5.10. The Bertz CT molecular complexity index is 956. The van der Waals surface area contributed by atoms with Crippen LogP contribution in [0.3, 0.4) is 0 Å². The number of methoxy groups -OCH3 is 1. The van der Waals surface area contributed by atoms with Gasteiger partial charge in [-0.1, -0.05) is 6.07 Å². The van der Waals surface area contributed by atoms with Crippen LogP contribution in [0.2, 0.25) is 0 Å². The Balaban J connectivity index is 1.73. The summed E-state index contributed by atoms with van der Waals surface area (Å²) in [5.41, 5.74) is -0.375. The van der Waals surface area contributed by atoms with E-state index in [-0.39, 0.29) is 31.1 Å². The monoisotopic (exact) mass is 442 g/mol. The van der Waals surface area contributed by atoms with E-state index in [2.05, 4.69) is 10.3 Å². The zero-order valence-electron chi connectivity index (χ0n) is 15.3. The molecule has 154 valence electrons. The maximum absolute atomic E-state index is 13.0. The van der Waals surface area contributed by atoms with Gasteiger partial charge in [-0.15, -0.1) is 22.7 Å². The average Bonchev–Trinajstić information content (AvgIpc) is 3.33. The van der Waals surface area contributed by atoms with Crippen LogP contribution >= 0.6 is 22.7 Å². The van der Waals surface area contributed by atoms with Gasteiger partial charge >= 0.3 is 6.18 Å². The molecule has 0 spiro atoms. The summed E-state index contributed by atoms with van der Waals surface area (Å²) in [5, 5.41) is 6.99. The topological polar surface area (TPSA) is 60.5 Å². The molecular formula is C19H17F3N2O3S2. The van der Waals surface area contributed by atoms with E-state index in [9.17, 15) is 18.0 Å². The summed E-state index contributed by atoms with van der Waals surface area (Å²) in [6.07, 6.45) is -4.59. The van der Waals surface area contributed by atoms with Crippen molar-refractivity contribution in [3.63, 3.8) is 0 Å². The largest absolute Gasteiger partial charge is 0.489 e. The first-order valence-electron chi connectivity index (χ1n) is 8.48. The predicted molar refractivity (Wildman–Crippen MR) is 107 cm³/mol. The molecule has 3 rings (SSSR count). The summed E-state index contributed by atoms with van der Waals surface area (Å²) in [6.45, 7) is 0.403. The van der Waals surface area contributed by atoms with Crippen molar-refractivity contribution in [1.29, 1.82) is 0 Å². The van der Waals surface area contributed by atoms with Crippen LogP contribution in [0.15, 0.2) is 41.1 Å². The van der Waals surface area contributed by atoms with Crippen LogP contribution in [-0.2, 0) is 22.1 Å². The fourth-order valence-electron chi connectivity index (χ4n) is 2.43. The van der Waals surface area contributed by atoms with Gasteiger partial charge in [-0.25, -0.2) is 4.98 Å². The molecule has 0 bridgehead atoms. The number of hydrogen-bond donors (Lipinski definition) is 1. The number of ether oxygens (including phenoxy) is 2. The lowest BCUT2D eigenvalue weighted by atomic mass is 10.1. The second kappa shape index (κ2) is 9.38. The van der Waals surface area contributed by atoms with Gasteiger partial charge in [-0.2, -0.15) is 13.2 Å². The first-order chi connectivity index (χ1) is 13.9. The van der Waals surface area contributed by atoms with Gasteiger partial charge < -0.3 is 14.8 Å². The molecule has 0 fully saturated rings. The molecule has 2 heterocycles. The first kappa shape index (κ1) is 21.3. The van der Waals surface area contributed by atoms with Crippen molar-refractivity contribution >= 4 is 34.3 Å². The molecule has 5 nitrogen and oxygen atoms in total. The number of halogens is 3. The normalized spacial score (nSPS) is 11.4. The Labute approximate surface area is 173 Å². The molecule has 0 aliphatic heterocycles. The maximum Gasteiger partial charge on any atom is 0.416 e. The van der Waals surface area contributed by atoms with Gasteiger partial charge in [0.1, 0.15) is 17.4 Å². The van der Waals surface area contributed by atoms with Gasteiger partial charge in [0.05, 0.1) is 34.8 Å². The third kappa shape index (κ3) is 5.78. The first-order valence-corrected chi connectivity index (χ1v) is 10.2. The Hall–Kier alpha value is -2.43. The number of hydrogen-bond acceptors (Lipinski definition) is 6. The minimum atomic E-state index is -4.53. The van der Waals surface area contributed by atoms with Gasteiger partial charge in [-0.05, 0) is 29.6 Å². The fourth-order valence-corrected chi connectivity index (χ4v) is 4.06. The molecule has 0 saturated carbocycles. The zero-order chi connectivity index (χ0) is 20.9. The third-order valence-corrected chi connectivity index (χ3v) is 5.68. The molecule has 1 amide bonds. The molecule has 0 atom stereocenters. The number of nitrogens with zero attached hydrogens (tertiary/aromatic N) is 1. The molecule has 0 radical (unpaired) electrons. The maximum atomic E-state index is 13.0. The highest BCUT2D eigenvalue weighted by Crippen LogP contribution is 2.35. The van der Waals surface area contributed by atoms with E-state index >= 15 is 0 Å². The number of carbonyl (C=O) groups is 1. The number of carbonyl (C=O) groups excluding carboxylic acids is 1. The fraction of sp³-hybridized carbons (Fsp3) is 0.263. The second-order valence-corrected chi connectivity index (χ2v) is 7.70. The number of nitrogens with one attached hydrogen (secondary N) is 1. The van der Waals surface area contributed by atoms with E-state index in [1.807, 2.05) is 17.5 Å². The lowest BCUT2D eigenvalue weighted by Crippen LogP contribution is -2.17. The van der Waals surface area contributed by atoms with E-state index < -0.39 is 17.6 Å². The van der Waals surface area contributed by atoms with Crippen molar-refractivity contribution < 1.29 is 27.4 Å². The van der Waals surface area contributed by atoms with Gasteiger partial charge in [0, 0.05) is 12.5 Å². The van der Waals surface area contributed by atoms with Crippen molar-refractivity contribution in [2.24, 2.45) is 0 Å². The minimum Gasteiger partial charge on any atom is -0.489 e. The average molecular weight is 442 g/mol. The van der Waals surface area contributed by atoms with Gasteiger partial charge in [0.25, 0.3) is 0 Å². The second-order valence-electron chi connectivity index (χ2n) is 5.90. The van der Waals surface area contributed by atoms with Crippen molar-refractivity contribution in [3.05, 3.63) is 52.3 Å². The Morgan fingerprint density at radius 3 is 2.72 bits per heavy atom. The van der Waals surface area contributed by atoms with Crippen LogP contribution in [0.1, 0.15) is 11.3 Å². The number of rotatable bonds is 8. The molecule has 0 aliphatic rings. The number of amides is 1. The van der Waals surface area contributed by atoms with Gasteiger partial charge in [-0.3, -0.25) is 4.79 Å². The standard InChI is InChI=1S/C19H17F3N2O3S2/c1-26-6-7-27-15-5-4-12(19(20,21)22)9-14(15)24-17(25)10-13-11-29-18(23-13)16-3-2-8-28-16/h2-5,8-9,11H,6-7,10H2,1H3,(H,24,25). The van der Waals surface area contributed by atoms with Crippen LogP contribution in [0, 0.1) is 0 Å². The molecule has 1 aromatic carbocycles. The van der Waals surface area contributed by atoms with Gasteiger partial charge in [0.2, 0.25) is 5.91 Å². The van der Waals surface area contributed by atoms with E-state index in [0.717, 1.165) is 22.0 Å². The van der Waals surface area contributed by atoms with Gasteiger partial charge in [0.15, 0.2) is 0 Å². The number of anilines is 1. The highest BCUT2D eigenvalue weighted by atomic mass is 32.1. The lowest BCUT2D eigenvalue weighted by Gasteiger charge is -2.15. The van der Waals surface area contributed by atoms with Crippen molar-refractivity contribution in [1.82, 2.24) is 4.98 Å². The highest BCUT2D eigenvalue weighted by molar-refractivity contribution is 7.20. The quantitative estimate of drug-likeness (QED) is 0.494. The third-order valence-electron chi connectivity index (χ3n) is 3.75. The van der Waals surface area contributed by atoms with Crippen LogP contribution in [0.25, 0.3) is 9.88 Å². The van der Waals surface area contributed by atoms with Crippen LogP contribution < -0.4 is 10.1 Å². The number of thiophene rings is 1. The summed E-state index contributed by atoms with van der Waals surface area (Å²) in [5.74, 6) is -0.343. The molecule has 29 heavy (non-hydrogen) atoms. The Morgan fingerprint density at radius 2 is 2.03 bits per heavy atom. The van der Waals surface area contributed by atoms with E-state index in [1.54, 1.807) is 16.7 Å². The van der Waals surface area contributed by atoms with Crippen molar-refractivity contribution in [2.75, 3.05) is 25.6 Å². The summed E-state index contributed by atoms with van der Waals surface area (Å²) >= 11 is 2.95. The zero-order valence-corrected chi connectivity index (χ0v) is 16.9. The molecule has 1 N–H and O–H groups in total. The molecule has 0 saturated heterocycles. The molecule has 10 heteroatoms. The molecule has 0 aliphatic carbocycles. The van der Waals surface area contributed by atoms with E-state index in [4.69, 9.17) is 9.47 Å². The summed E-state index contributed by atoms with van der Waals surface area (Å²) in [7, 11) is 1.48. The number of aromatic nitrogens is 1.